The van der Waals surface area contributed by atoms with Gasteiger partial charge in [-0.05, 0) is 49.6 Å². The van der Waals surface area contributed by atoms with E-state index in [1.807, 2.05) is 55.8 Å². The number of hydrogen-bond acceptors (Lipinski definition) is 4. The number of pyridine rings is 1. The van der Waals surface area contributed by atoms with Crippen LogP contribution >= 0.6 is 0 Å². The molecule has 4 rings (SSSR count). The molecule has 2 aromatic heterocycles. The van der Waals surface area contributed by atoms with Crippen LogP contribution in [0.1, 0.15) is 34.5 Å². The maximum absolute atomic E-state index is 12.8. The number of carbonyl (C=O) groups excluding carboxylic acids is 1. The number of aromatic nitrogens is 3. The molecule has 0 bridgehead atoms. The summed E-state index contributed by atoms with van der Waals surface area (Å²) in [5.41, 5.74) is 3.62. The molecule has 1 N–H and O–H groups in total. The van der Waals surface area contributed by atoms with E-state index in [0.717, 1.165) is 43.9 Å². The molecule has 6 nitrogen and oxygen atoms in total. The summed E-state index contributed by atoms with van der Waals surface area (Å²) in [6.45, 7) is 4.78. The Labute approximate surface area is 165 Å². The van der Waals surface area contributed by atoms with Crippen molar-refractivity contribution in [3.8, 4) is 5.69 Å². The molecule has 1 fully saturated rings. The Morgan fingerprint density at radius 1 is 1.11 bits per heavy atom. The first-order valence-corrected chi connectivity index (χ1v) is 9.73. The van der Waals surface area contributed by atoms with Crippen LogP contribution in [0.15, 0.2) is 61.1 Å². The zero-order chi connectivity index (χ0) is 19.3. The highest BCUT2D eigenvalue weighted by atomic mass is 16.1. The molecule has 3 aromatic rings. The zero-order valence-corrected chi connectivity index (χ0v) is 16.1. The lowest BCUT2D eigenvalue weighted by atomic mass is 10.0. The number of para-hydroxylation sites is 1. The van der Waals surface area contributed by atoms with Gasteiger partial charge in [0.2, 0.25) is 0 Å². The summed E-state index contributed by atoms with van der Waals surface area (Å²) in [6, 6.07) is 14.2. The van der Waals surface area contributed by atoms with Gasteiger partial charge < -0.3 is 5.32 Å². The molecule has 0 radical (unpaired) electrons. The van der Waals surface area contributed by atoms with Crippen molar-refractivity contribution >= 4 is 5.91 Å². The molecule has 0 spiro atoms. The number of carbonyl (C=O) groups is 1. The van der Waals surface area contributed by atoms with Crippen LogP contribution in [0, 0.1) is 6.92 Å². The lowest BCUT2D eigenvalue weighted by Crippen LogP contribution is -2.44. The van der Waals surface area contributed by atoms with E-state index in [1.165, 1.54) is 5.56 Å². The van der Waals surface area contributed by atoms with E-state index >= 15 is 0 Å². The molecule has 144 valence electrons. The SMILES string of the molecule is Cc1nn(-c2ccccc2)cc1C(=O)NC1CCN(Cc2ccncc2)CC1. The van der Waals surface area contributed by atoms with Crippen LogP contribution in [-0.2, 0) is 6.54 Å². The van der Waals surface area contributed by atoms with Crippen LogP contribution in [0.3, 0.4) is 0 Å². The number of aryl methyl sites for hydroxylation is 1. The molecule has 6 heteroatoms. The van der Waals surface area contributed by atoms with Gasteiger partial charge in [-0.15, -0.1) is 0 Å². The van der Waals surface area contributed by atoms with E-state index in [2.05, 4.69) is 32.4 Å². The minimum absolute atomic E-state index is 0.0349. The predicted molar refractivity (Wildman–Crippen MR) is 108 cm³/mol. The second-order valence-corrected chi connectivity index (χ2v) is 7.29. The number of nitrogens with zero attached hydrogens (tertiary/aromatic N) is 4. The third-order valence-corrected chi connectivity index (χ3v) is 5.24. The Balaban J connectivity index is 1.33. The molecule has 3 heterocycles. The number of rotatable bonds is 5. The molecule has 0 atom stereocenters. The number of piperidine rings is 1. The normalized spacial score (nSPS) is 15.5. The van der Waals surface area contributed by atoms with Gasteiger partial charge in [0.15, 0.2) is 0 Å². The highest BCUT2D eigenvalue weighted by Gasteiger charge is 2.23. The maximum atomic E-state index is 12.8. The van der Waals surface area contributed by atoms with E-state index < -0.39 is 0 Å². The van der Waals surface area contributed by atoms with Crippen molar-refractivity contribution in [3.63, 3.8) is 0 Å². The molecule has 0 aliphatic carbocycles. The molecular weight excluding hydrogens is 350 g/mol. The van der Waals surface area contributed by atoms with Crippen LogP contribution in [0.4, 0.5) is 0 Å². The van der Waals surface area contributed by atoms with E-state index in [9.17, 15) is 4.79 Å². The van der Waals surface area contributed by atoms with Gasteiger partial charge in [-0.1, -0.05) is 18.2 Å². The highest BCUT2D eigenvalue weighted by molar-refractivity contribution is 5.95. The number of likely N-dealkylation sites (tertiary alicyclic amines) is 1. The Kier molecular flexibility index (Phi) is 5.48. The third-order valence-electron chi connectivity index (χ3n) is 5.24. The zero-order valence-electron chi connectivity index (χ0n) is 16.1. The highest BCUT2D eigenvalue weighted by Crippen LogP contribution is 2.16. The van der Waals surface area contributed by atoms with E-state index in [-0.39, 0.29) is 11.9 Å². The average molecular weight is 375 g/mol. The van der Waals surface area contributed by atoms with E-state index in [1.54, 1.807) is 4.68 Å². The minimum atomic E-state index is -0.0349. The lowest BCUT2D eigenvalue weighted by molar-refractivity contribution is 0.0908. The van der Waals surface area contributed by atoms with Gasteiger partial charge in [-0.2, -0.15) is 5.10 Å². The van der Waals surface area contributed by atoms with Crippen molar-refractivity contribution in [3.05, 3.63) is 77.9 Å². The monoisotopic (exact) mass is 375 g/mol. The molecule has 0 saturated carbocycles. The Hall–Kier alpha value is -2.99. The molecule has 1 aliphatic heterocycles. The number of benzene rings is 1. The summed E-state index contributed by atoms with van der Waals surface area (Å²) in [4.78, 5) is 19.3. The smallest absolute Gasteiger partial charge is 0.254 e. The Morgan fingerprint density at radius 3 is 2.54 bits per heavy atom. The van der Waals surface area contributed by atoms with Crippen molar-refractivity contribution in [1.82, 2.24) is 25.0 Å². The quantitative estimate of drug-likeness (QED) is 0.745. The second-order valence-electron chi connectivity index (χ2n) is 7.29. The van der Waals surface area contributed by atoms with Gasteiger partial charge in [0.05, 0.1) is 16.9 Å². The summed E-state index contributed by atoms with van der Waals surface area (Å²) in [6.07, 6.45) is 7.41. The summed E-state index contributed by atoms with van der Waals surface area (Å²) in [5.74, 6) is -0.0349. The van der Waals surface area contributed by atoms with Crippen LogP contribution in [-0.4, -0.2) is 44.7 Å². The number of nitrogens with one attached hydrogen (secondary N) is 1. The molecule has 0 unspecified atom stereocenters. The van der Waals surface area contributed by atoms with Gasteiger partial charge in [-0.3, -0.25) is 14.7 Å². The third kappa shape index (κ3) is 4.28. The summed E-state index contributed by atoms with van der Waals surface area (Å²) < 4.78 is 1.77. The lowest BCUT2D eigenvalue weighted by Gasteiger charge is -2.32. The van der Waals surface area contributed by atoms with Crippen LogP contribution in [0.25, 0.3) is 5.69 Å². The summed E-state index contributed by atoms with van der Waals surface area (Å²) in [5, 5.41) is 7.69. The number of amides is 1. The molecular formula is C22H25N5O. The first-order valence-electron chi connectivity index (χ1n) is 9.73. The summed E-state index contributed by atoms with van der Waals surface area (Å²) >= 11 is 0. The Bertz CT molecular complexity index is 915. The fourth-order valence-electron chi connectivity index (χ4n) is 3.64. The molecule has 1 aromatic carbocycles. The van der Waals surface area contributed by atoms with Gasteiger partial charge in [-0.25, -0.2) is 4.68 Å². The predicted octanol–water partition coefficient (Wildman–Crippen LogP) is 2.97. The Morgan fingerprint density at radius 2 is 1.82 bits per heavy atom. The van der Waals surface area contributed by atoms with Crippen molar-refractivity contribution in [2.45, 2.75) is 32.4 Å². The van der Waals surface area contributed by atoms with Crippen molar-refractivity contribution in [2.75, 3.05) is 13.1 Å². The summed E-state index contributed by atoms with van der Waals surface area (Å²) in [7, 11) is 0. The van der Waals surface area contributed by atoms with Gasteiger partial charge in [0.25, 0.3) is 5.91 Å². The van der Waals surface area contributed by atoms with Gasteiger partial charge >= 0.3 is 0 Å². The van der Waals surface area contributed by atoms with Crippen LogP contribution < -0.4 is 5.32 Å². The van der Waals surface area contributed by atoms with Crippen molar-refractivity contribution in [1.29, 1.82) is 0 Å². The fourth-order valence-corrected chi connectivity index (χ4v) is 3.64. The molecule has 1 amide bonds. The van der Waals surface area contributed by atoms with Crippen LogP contribution in [0.2, 0.25) is 0 Å². The molecule has 1 aliphatic rings. The van der Waals surface area contributed by atoms with Crippen molar-refractivity contribution < 1.29 is 4.79 Å². The number of hydrogen-bond donors (Lipinski definition) is 1. The first kappa shape index (κ1) is 18.4. The van der Waals surface area contributed by atoms with E-state index in [4.69, 9.17) is 0 Å². The topological polar surface area (TPSA) is 63.1 Å². The first-order chi connectivity index (χ1) is 13.7. The largest absolute Gasteiger partial charge is 0.349 e. The minimum Gasteiger partial charge on any atom is -0.349 e. The van der Waals surface area contributed by atoms with Gasteiger partial charge in [0, 0.05) is 44.3 Å². The van der Waals surface area contributed by atoms with E-state index in [0.29, 0.717) is 5.56 Å². The average Bonchev–Trinajstić information content (AvgIpc) is 3.13. The maximum Gasteiger partial charge on any atom is 0.254 e. The standard InChI is InChI=1S/C22H25N5O/c1-17-21(16-27(25-17)20-5-3-2-4-6-20)22(28)24-19-9-13-26(14-10-19)15-18-7-11-23-12-8-18/h2-8,11-12,16,19H,9-10,13-15H2,1H3,(H,24,28). The molecule has 1 saturated heterocycles. The van der Waals surface area contributed by atoms with Gasteiger partial charge in [0.1, 0.15) is 0 Å². The second kappa shape index (κ2) is 8.35. The molecule has 28 heavy (non-hydrogen) atoms. The van der Waals surface area contributed by atoms with Crippen molar-refractivity contribution in [2.24, 2.45) is 0 Å². The van der Waals surface area contributed by atoms with Crippen LogP contribution in [0.5, 0.6) is 0 Å². The fraction of sp³-hybridized carbons (Fsp3) is 0.318.